The van der Waals surface area contributed by atoms with Gasteiger partial charge in [0.05, 0.1) is 12.2 Å². The SMILES string of the molecule is Oc1cc(O)c2c(c1)O[C@H](c1cc(O)c(Oc3cc(O)c4c(c3)O[C@H](c3cc(O)c(O)c(O)c3)[C@H](O)C4)c(O)c1)[C@@H](O)C2. The van der Waals surface area contributed by atoms with Crippen molar-refractivity contribution >= 4 is 0 Å². The van der Waals surface area contributed by atoms with Crippen LogP contribution in [0.1, 0.15) is 34.5 Å². The summed E-state index contributed by atoms with van der Waals surface area (Å²) in [5, 5.41) is 103. The molecule has 0 spiro atoms. The van der Waals surface area contributed by atoms with Gasteiger partial charge in [-0.1, -0.05) is 0 Å². The van der Waals surface area contributed by atoms with Crippen LogP contribution in [0.15, 0.2) is 48.5 Å². The topological polar surface area (TPSA) is 230 Å². The molecule has 224 valence electrons. The summed E-state index contributed by atoms with van der Waals surface area (Å²) < 4.78 is 17.3. The standard InChI is InChI=1S/C30H26O13/c31-13-5-17(32)15-9-23(38)29(42-25(15)6-13)12-3-21(36)30(22(37)4-12)41-14-7-18(33)16-10-24(39)28(43-26(16)8-14)11-1-19(34)27(40)20(35)2-11/h1-8,23-24,28-29,31-40H,9-10H2/t23-,24+,28+,29+/m0/s1. The minimum Gasteiger partial charge on any atom is -0.508 e. The van der Waals surface area contributed by atoms with Gasteiger partial charge in [-0.2, -0.15) is 0 Å². The van der Waals surface area contributed by atoms with E-state index in [1.165, 1.54) is 30.3 Å². The number of fused-ring (bicyclic) bond motifs is 2. The van der Waals surface area contributed by atoms with Crippen molar-refractivity contribution in [2.45, 2.75) is 37.3 Å². The molecule has 4 aromatic rings. The third-order valence-electron chi connectivity index (χ3n) is 7.40. The highest BCUT2D eigenvalue weighted by atomic mass is 16.5. The Labute approximate surface area is 242 Å². The Morgan fingerprint density at radius 3 is 1.53 bits per heavy atom. The van der Waals surface area contributed by atoms with Gasteiger partial charge in [0.15, 0.2) is 41.0 Å². The summed E-state index contributed by atoms with van der Waals surface area (Å²) in [7, 11) is 0. The lowest BCUT2D eigenvalue weighted by molar-refractivity contribution is 0.0195. The van der Waals surface area contributed by atoms with Crippen LogP contribution in [0.3, 0.4) is 0 Å². The van der Waals surface area contributed by atoms with Crippen LogP contribution in [0.2, 0.25) is 0 Å². The average molecular weight is 595 g/mol. The predicted molar refractivity (Wildman–Crippen MR) is 145 cm³/mol. The molecule has 0 saturated carbocycles. The van der Waals surface area contributed by atoms with E-state index in [0.29, 0.717) is 0 Å². The molecule has 0 saturated heterocycles. The van der Waals surface area contributed by atoms with Gasteiger partial charge in [-0.15, -0.1) is 0 Å². The van der Waals surface area contributed by atoms with Gasteiger partial charge in [-0.3, -0.25) is 0 Å². The molecule has 0 aromatic heterocycles. The first-order valence-electron chi connectivity index (χ1n) is 13.0. The van der Waals surface area contributed by atoms with E-state index in [0.717, 1.165) is 18.2 Å². The van der Waals surface area contributed by atoms with Crippen LogP contribution < -0.4 is 14.2 Å². The minimum absolute atomic E-state index is 0.0284. The lowest BCUT2D eigenvalue weighted by atomic mass is 9.93. The van der Waals surface area contributed by atoms with Crippen molar-refractivity contribution in [3.8, 4) is 69.0 Å². The van der Waals surface area contributed by atoms with E-state index in [2.05, 4.69) is 0 Å². The van der Waals surface area contributed by atoms with E-state index in [1.54, 1.807) is 0 Å². The summed E-state index contributed by atoms with van der Waals surface area (Å²) in [6, 6.07) is 9.53. The quantitative estimate of drug-likeness (QED) is 0.153. The van der Waals surface area contributed by atoms with Gasteiger partial charge in [-0.25, -0.2) is 0 Å². The molecule has 0 bridgehead atoms. The molecule has 4 aromatic carbocycles. The van der Waals surface area contributed by atoms with Crippen molar-refractivity contribution in [3.05, 3.63) is 70.8 Å². The zero-order chi connectivity index (χ0) is 30.7. The van der Waals surface area contributed by atoms with Gasteiger partial charge in [0.1, 0.15) is 34.5 Å². The number of ether oxygens (including phenoxy) is 3. The third kappa shape index (κ3) is 4.90. The monoisotopic (exact) mass is 594 g/mol. The van der Waals surface area contributed by atoms with Crippen LogP contribution in [0.4, 0.5) is 0 Å². The van der Waals surface area contributed by atoms with Crippen molar-refractivity contribution in [1.82, 2.24) is 0 Å². The number of hydrogen-bond acceptors (Lipinski definition) is 13. The number of aliphatic hydroxyl groups is 2. The predicted octanol–water partition coefficient (Wildman–Crippen LogP) is 3.20. The first-order chi connectivity index (χ1) is 20.4. The fraction of sp³-hybridized carbons (Fsp3) is 0.200. The van der Waals surface area contributed by atoms with Crippen LogP contribution in [0.25, 0.3) is 0 Å². The van der Waals surface area contributed by atoms with Crippen LogP contribution in [-0.2, 0) is 12.8 Å². The third-order valence-corrected chi connectivity index (χ3v) is 7.40. The van der Waals surface area contributed by atoms with E-state index in [1.807, 2.05) is 0 Å². The summed E-state index contributed by atoms with van der Waals surface area (Å²) in [6.45, 7) is 0. The molecule has 6 rings (SSSR count). The largest absolute Gasteiger partial charge is 0.508 e. The highest BCUT2D eigenvalue weighted by molar-refractivity contribution is 5.59. The maximum atomic E-state index is 10.7. The van der Waals surface area contributed by atoms with Gasteiger partial charge in [0, 0.05) is 59.4 Å². The molecule has 13 heteroatoms. The fourth-order valence-electron chi connectivity index (χ4n) is 5.34. The molecule has 0 radical (unpaired) electrons. The van der Waals surface area contributed by atoms with Gasteiger partial charge >= 0.3 is 0 Å². The molecule has 0 unspecified atom stereocenters. The number of phenols is 8. The summed E-state index contributed by atoms with van der Waals surface area (Å²) in [5.41, 5.74) is 0.825. The molecule has 4 atom stereocenters. The van der Waals surface area contributed by atoms with Crippen molar-refractivity contribution in [1.29, 1.82) is 0 Å². The van der Waals surface area contributed by atoms with Crippen LogP contribution in [0.5, 0.6) is 69.0 Å². The van der Waals surface area contributed by atoms with Crippen molar-refractivity contribution in [3.63, 3.8) is 0 Å². The maximum absolute atomic E-state index is 10.7. The zero-order valence-corrected chi connectivity index (χ0v) is 22.0. The maximum Gasteiger partial charge on any atom is 0.210 e. The lowest BCUT2D eigenvalue weighted by Crippen LogP contribution is -2.30. The molecule has 43 heavy (non-hydrogen) atoms. The molecule has 0 aliphatic carbocycles. The average Bonchev–Trinajstić information content (AvgIpc) is 2.93. The van der Waals surface area contributed by atoms with Gasteiger partial charge in [0.25, 0.3) is 0 Å². The number of aromatic hydroxyl groups is 8. The van der Waals surface area contributed by atoms with E-state index in [9.17, 15) is 51.1 Å². The number of phenolic OH excluding ortho intramolecular Hbond substituents is 8. The van der Waals surface area contributed by atoms with Crippen molar-refractivity contribution in [2.24, 2.45) is 0 Å². The number of rotatable bonds is 4. The Hall–Kier alpha value is -5.40. The number of aliphatic hydroxyl groups excluding tert-OH is 2. The summed E-state index contributed by atoms with van der Waals surface area (Å²) >= 11 is 0. The molecule has 2 aliphatic rings. The van der Waals surface area contributed by atoms with Gasteiger partial charge < -0.3 is 65.3 Å². The summed E-state index contributed by atoms with van der Waals surface area (Å²) in [6.07, 6.45) is -4.68. The number of hydrogen-bond donors (Lipinski definition) is 10. The molecular weight excluding hydrogens is 568 g/mol. The highest BCUT2D eigenvalue weighted by Crippen LogP contribution is 2.49. The van der Waals surface area contributed by atoms with Crippen LogP contribution in [0, 0.1) is 0 Å². The Morgan fingerprint density at radius 2 is 1.00 bits per heavy atom. The Balaban J connectivity index is 1.27. The molecular formula is C30H26O13. The number of benzene rings is 4. The second kappa shape index (κ2) is 10.2. The van der Waals surface area contributed by atoms with Crippen molar-refractivity contribution < 1.29 is 65.3 Å². The Morgan fingerprint density at radius 1 is 0.535 bits per heavy atom. The van der Waals surface area contributed by atoms with Crippen molar-refractivity contribution in [2.75, 3.05) is 0 Å². The summed E-state index contributed by atoms with van der Waals surface area (Å²) in [4.78, 5) is 0. The Kier molecular flexibility index (Phi) is 6.55. The second-order valence-electron chi connectivity index (χ2n) is 10.4. The second-order valence-corrected chi connectivity index (χ2v) is 10.4. The normalized spacial score (nSPS) is 20.8. The smallest absolute Gasteiger partial charge is 0.210 e. The molecule has 13 nitrogen and oxygen atoms in total. The first-order valence-corrected chi connectivity index (χ1v) is 13.0. The zero-order valence-electron chi connectivity index (χ0n) is 22.0. The van der Waals surface area contributed by atoms with E-state index >= 15 is 0 Å². The molecule has 2 aliphatic heterocycles. The lowest BCUT2D eigenvalue weighted by Gasteiger charge is -2.32. The fourth-order valence-corrected chi connectivity index (χ4v) is 5.34. The van der Waals surface area contributed by atoms with E-state index < -0.39 is 58.9 Å². The van der Waals surface area contributed by atoms with Crippen LogP contribution >= 0.6 is 0 Å². The van der Waals surface area contributed by atoms with Gasteiger partial charge in [0.2, 0.25) is 5.75 Å². The molecule has 0 fully saturated rings. The summed E-state index contributed by atoms with van der Waals surface area (Å²) in [5.74, 6) is -4.18. The molecule has 2 heterocycles. The van der Waals surface area contributed by atoms with Crippen LogP contribution in [-0.4, -0.2) is 63.3 Å². The minimum atomic E-state index is -1.20. The Bertz CT molecular complexity index is 1700. The van der Waals surface area contributed by atoms with Gasteiger partial charge in [-0.05, 0) is 24.3 Å². The molecule has 10 N–H and O–H groups in total. The highest BCUT2D eigenvalue weighted by Gasteiger charge is 2.35. The van der Waals surface area contributed by atoms with E-state index in [-0.39, 0.29) is 69.6 Å². The molecule has 0 amide bonds. The first kappa shape index (κ1) is 27.8. The van der Waals surface area contributed by atoms with E-state index in [4.69, 9.17) is 14.2 Å².